The molecule has 0 saturated carbocycles. The number of rotatable bonds is 8. The molecule has 5 nitrogen and oxygen atoms in total. The van der Waals surface area contributed by atoms with Crippen LogP contribution in [-0.4, -0.2) is 36.0 Å². The van der Waals surface area contributed by atoms with Crippen LogP contribution in [0.3, 0.4) is 0 Å². The van der Waals surface area contributed by atoms with E-state index in [2.05, 4.69) is 24.1 Å². The molecular weight excluding hydrogens is 266 g/mol. The van der Waals surface area contributed by atoms with Crippen molar-refractivity contribution in [2.75, 3.05) is 31.5 Å². The van der Waals surface area contributed by atoms with Crippen molar-refractivity contribution in [3.8, 4) is 0 Å². The SMILES string of the molecule is CCN(CC)CCCNc1ccc(Cl)cc1[N+](=O)[O-]. The summed E-state index contributed by atoms with van der Waals surface area (Å²) in [5.74, 6) is 0. The molecule has 1 N–H and O–H groups in total. The quantitative estimate of drug-likeness (QED) is 0.452. The van der Waals surface area contributed by atoms with E-state index in [1.54, 1.807) is 12.1 Å². The zero-order valence-electron chi connectivity index (χ0n) is 11.4. The molecule has 0 aliphatic carbocycles. The lowest BCUT2D eigenvalue weighted by Gasteiger charge is -2.17. The minimum atomic E-state index is -0.418. The lowest BCUT2D eigenvalue weighted by Crippen LogP contribution is -2.25. The van der Waals surface area contributed by atoms with Crippen molar-refractivity contribution >= 4 is 23.0 Å². The number of halogens is 1. The molecule has 0 amide bonds. The molecule has 0 spiro atoms. The van der Waals surface area contributed by atoms with Crippen molar-refractivity contribution in [1.29, 1.82) is 0 Å². The summed E-state index contributed by atoms with van der Waals surface area (Å²) in [6.45, 7) is 8.00. The third kappa shape index (κ3) is 5.04. The van der Waals surface area contributed by atoms with Crippen molar-refractivity contribution < 1.29 is 4.92 Å². The Morgan fingerprint density at radius 3 is 2.63 bits per heavy atom. The smallest absolute Gasteiger partial charge is 0.293 e. The van der Waals surface area contributed by atoms with E-state index in [1.807, 2.05) is 0 Å². The van der Waals surface area contributed by atoms with Crippen molar-refractivity contribution in [2.45, 2.75) is 20.3 Å². The van der Waals surface area contributed by atoms with Crippen molar-refractivity contribution in [1.82, 2.24) is 4.90 Å². The van der Waals surface area contributed by atoms with Gasteiger partial charge in [-0.25, -0.2) is 0 Å². The van der Waals surface area contributed by atoms with Crippen LogP contribution in [0.5, 0.6) is 0 Å². The Balaban J connectivity index is 2.51. The topological polar surface area (TPSA) is 58.4 Å². The van der Waals surface area contributed by atoms with Gasteiger partial charge in [0.15, 0.2) is 0 Å². The Kier molecular flexibility index (Phi) is 6.59. The van der Waals surface area contributed by atoms with Crippen LogP contribution < -0.4 is 5.32 Å². The highest BCUT2D eigenvalue weighted by atomic mass is 35.5. The Morgan fingerprint density at radius 2 is 2.05 bits per heavy atom. The highest BCUT2D eigenvalue weighted by Crippen LogP contribution is 2.27. The van der Waals surface area contributed by atoms with Crippen LogP contribution in [0.15, 0.2) is 18.2 Å². The number of nitrogens with zero attached hydrogens (tertiary/aromatic N) is 2. The Bertz CT molecular complexity index is 422. The van der Waals surface area contributed by atoms with E-state index < -0.39 is 4.92 Å². The van der Waals surface area contributed by atoms with Crippen LogP contribution in [0.1, 0.15) is 20.3 Å². The Hall–Kier alpha value is -1.33. The molecular formula is C13H20ClN3O2. The van der Waals surface area contributed by atoms with Gasteiger partial charge in [-0.05, 0) is 38.2 Å². The first-order chi connectivity index (χ1) is 9.08. The van der Waals surface area contributed by atoms with Crippen LogP contribution in [0, 0.1) is 10.1 Å². The molecule has 19 heavy (non-hydrogen) atoms. The third-order valence-electron chi connectivity index (χ3n) is 3.02. The highest BCUT2D eigenvalue weighted by molar-refractivity contribution is 6.30. The summed E-state index contributed by atoms with van der Waals surface area (Å²) in [6, 6.07) is 4.67. The molecule has 0 aromatic heterocycles. The maximum Gasteiger partial charge on any atom is 0.293 e. The fourth-order valence-electron chi connectivity index (χ4n) is 1.87. The molecule has 106 valence electrons. The lowest BCUT2D eigenvalue weighted by molar-refractivity contribution is -0.383. The van der Waals surface area contributed by atoms with Gasteiger partial charge in [-0.1, -0.05) is 25.4 Å². The van der Waals surface area contributed by atoms with E-state index in [-0.39, 0.29) is 5.69 Å². The van der Waals surface area contributed by atoms with Gasteiger partial charge in [-0.3, -0.25) is 10.1 Å². The molecule has 1 aromatic rings. The molecule has 0 aliphatic heterocycles. The standard InChI is InChI=1S/C13H20ClN3O2/c1-3-16(4-2)9-5-8-15-12-7-6-11(14)10-13(12)17(18)19/h6-7,10,15H,3-5,8-9H2,1-2H3. The zero-order chi connectivity index (χ0) is 14.3. The fraction of sp³-hybridized carbons (Fsp3) is 0.538. The molecule has 0 heterocycles. The summed E-state index contributed by atoms with van der Waals surface area (Å²) in [5, 5.41) is 14.4. The van der Waals surface area contributed by atoms with E-state index in [0.717, 1.165) is 26.1 Å². The molecule has 0 bridgehead atoms. The van der Waals surface area contributed by atoms with Crippen LogP contribution >= 0.6 is 11.6 Å². The van der Waals surface area contributed by atoms with E-state index in [1.165, 1.54) is 6.07 Å². The van der Waals surface area contributed by atoms with Crippen molar-refractivity contribution in [2.24, 2.45) is 0 Å². The number of hydrogen-bond acceptors (Lipinski definition) is 4. The first kappa shape index (κ1) is 15.7. The largest absolute Gasteiger partial charge is 0.379 e. The van der Waals surface area contributed by atoms with Crippen LogP contribution in [0.2, 0.25) is 5.02 Å². The average Bonchev–Trinajstić information content (AvgIpc) is 2.40. The second-order valence-corrected chi connectivity index (χ2v) is 4.66. The summed E-state index contributed by atoms with van der Waals surface area (Å²) >= 11 is 5.76. The number of benzene rings is 1. The molecule has 0 saturated heterocycles. The number of anilines is 1. The Labute approximate surface area is 118 Å². The van der Waals surface area contributed by atoms with Gasteiger partial charge >= 0.3 is 0 Å². The monoisotopic (exact) mass is 285 g/mol. The number of nitro benzene ring substituents is 1. The minimum absolute atomic E-state index is 0.0235. The molecule has 0 unspecified atom stereocenters. The summed E-state index contributed by atoms with van der Waals surface area (Å²) in [4.78, 5) is 12.8. The van der Waals surface area contributed by atoms with Crippen LogP contribution in [0.25, 0.3) is 0 Å². The second kappa shape index (κ2) is 7.96. The second-order valence-electron chi connectivity index (χ2n) is 4.23. The first-order valence-electron chi connectivity index (χ1n) is 6.48. The summed E-state index contributed by atoms with van der Waals surface area (Å²) < 4.78 is 0. The number of nitrogens with one attached hydrogen (secondary N) is 1. The first-order valence-corrected chi connectivity index (χ1v) is 6.86. The van der Waals surface area contributed by atoms with Crippen LogP contribution in [-0.2, 0) is 0 Å². The molecule has 0 atom stereocenters. The van der Waals surface area contributed by atoms with Gasteiger partial charge < -0.3 is 10.2 Å². The van der Waals surface area contributed by atoms with Gasteiger partial charge in [0.2, 0.25) is 0 Å². The normalized spacial score (nSPS) is 10.7. The van der Waals surface area contributed by atoms with Crippen LogP contribution in [0.4, 0.5) is 11.4 Å². The van der Waals surface area contributed by atoms with Gasteiger partial charge in [-0.2, -0.15) is 0 Å². The predicted molar refractivity (Wildman–Crippen MR) is 79.0 cm³/mol. The van der Waals surface area contributed by atoms with E-state index >= 15 is 0 Å². The van der Waals surface area contributed by atoms with Gasteiger partial charge in [0.25, 0.3) is 5.69 Å². The highest BCUT2D eigenvalue weighted by Gasteiger charge is 2.13. The fourth-order valence-corrected chi connectivity index (χ4v) is 2.04. The summed E-state index contributed by atoms with van der Waals surface area (Å²) in [6.07, 6.45) is 0.946. The third-order valence-corrected chi connectivity index (χ3v) is 3.25. The maximum atomic E-state index is 10.9. The molecule has 1 aromatic carbocycles. The van der Waals surface area contributed by atoms with Gasteiger partial charge in [0.1, 0.15) is 5.69 Å². The zero-order valence-corrected chi connectivity index (χ0v) is 12.1. The number of nitro groups is 1. The molecule has 0 fully saturated rings. The predicted octanol–water partition coefficient (Wildman–Crippen LogP) is 3.39. The Morgan fingerprint density at radius 1 is 1.37 bits per heavy atom. The minimum Gasteiger partial charge on any atom is -0.379 e. The summed E-state index contributed by atoms with van der Waals surface area (Å²) in [7, 11) is 0. The molecule has 0 radical (unpaired) electrons. The number of hydrogen-bond donors (Lipinski definition) is 1. The van der Waals surface area contributed by atoms with Gasteiger partial charge in [-0.15, -0.1) is 0 Å². The van der Waals surface area contributed by atoms with E-state index in [0.29, 0.717) is 17.3 Å². The lowest BCUT2D eigenvalue weighted by atomic mass is 10.2. The average molecular weight is 286 g/mol. The van der Waals surface area contributed by atoms with Gasteiger partial charge in [0, 0.05) is 17.6 Å². The van der Waals surface area contributed by atoms with E-state index in [4.69, 9.17) is 11.6 Å². The molecule has 0 aliphatic rings. The van der Waals surface area contributed by atoms with Crippen molar-refractivity contribution in [3.63, 3.8) is 0 Å². The summed E-state index contributed by atoms with van der Waals surface area (Å²) in [5.41, 5.74) is 0.546. The van der Waals surface area contributed by atoms with E-state index in [9.17, 15) is 10.1 Å². The van der Waals surface area contributed by atoms with Crippen molar-refractivity contribution in [3.05, 3.63) is 33.3 Å². The maximum absolute atomic E-state index is 10.9. The molecule has 1 rings (SSSR count). The van der Waals surface area contributed by atoms with Gasteiger partial charge in [0.05, 0.1) is 4.92 Å². The molecule has 6 heteroatoms.